The van der Waals surface area contributed by atoms with Gasteiger partial charge in [-0.3, -0.25) is 5.01 Å². The summed E-state index contributed by atoms with van der Waals surface area (Å²) in [4.78, 5) is 0. The second-order valence-corrected chi connectivity index (χ2v) is 4.51. The fraction of sp³-hybridized carbons (Fsp3) is 1.00. The SMILES string of the molecule is CCOC1CCCCC2N=NN(C)C2C1. The number of hydrogen-bond donors (Lipinski definition) is 0. The Morgan fingerprint density at radius 2 is 2.13 bits per heavy atom. The van der Waals surface area contributed by atoms with Gasteiger partial charge in [0.1, 0.15) is 0 Å². The van der Waals surface area contributed by atoms with Gasteiger partial charge in [-0.2, -0.15) is 5.11 Å². The van der Waals surface area contributed by atoms with E-state index in [0.29, 0.717) is 18.2 Å². The number of ether oxygens (including phenoxy) is 1. The van der Waals surface area contributed by atoms with E-state index in [2.05, 4.69) is 17.3 Å². The quantitative estimate of drug-likeness (QED) is 0.703. The third-order valence-corrected chi connectivity index (χ3v) is 3.45. The summed E-state index contributed by atoms with van der Waals surface area (Å²) < 4.78 is 5.76. The van der Waals surface area contributed by atoms with Gasteiger partial charge in [0.2, 0.25) is 0 Å². The van der Waals surface area contributed by atoms with Gasteiger partial charge in [-0.15, -0.1) is 0 Å². The summed E-state index contributed by atoms with van der Waals surface area (Å²) in [6.45, 7) is 2.89. The van der Waals surface area contributed by atoms with Crippen molar-refractivity contribution < 1.29 is 4.74 Å². The maximum absolute atomic E-state index is 5.76. The van der Waals surface area contributed by atoms with Crippen LogP contribution in [-0.2, 0) is 4.74 Å². The van der Waals surface area contributed by atoms with Crippen molar-refractivity contribution in [3.05, 3.63) is 0 Å². The molecule has 1 heterocycles. The maximum Gasteiger partial charge on any atom is 0.0950 e. The van der Waals surface area contributed by atoms with E-state index in [1.807, 2.05) is 12.1 Å². The summed E-state index contributed by atoms with van der Waals surface area (Å²) in [5.74, 6) is 0. The lowest BCUT2D eigenvalue weighted by molar-refractivity contribution is 0.0250. The van der Waals surface area contributed by atoms with Gasteiger partial charge >= 0.3 is 0 Å². The third kappa shape index (κ3) is 2.48. The molecule has 0 spiro atoms. The zero-order valence-electron chi connectivity index (χ0n) is 9.72. The minimum atomic E-state index is 0.411. The molecule has 1 saturated carbocycles. The van der Waals surface area contributed by atoms with Crippen LogP contribution in [0.2, 0.25) is 0 Å². The van der Waals surface area contributed by atoms with Crippen molar-refractivity contribution in [2.45, 2.75) is 57.2 Å². The average Bonchev–Trinajstić information content (AvgIpc) is 2.51. The Balaban J connectivity index is 1.97. The monoisotopic (exact) mass is 211 g/mol. The van der Waals surface area contributed by atoms with Crippen LogP contribution < -0.4 is 0 Å². The zero-order chi connectivity index (χ0) is 10.7. The molecule has 1 aliphatic carbocycles. The summed E-state index contributed by atoms with van der Waals surface area (Å²) in [7, 11) is 2.03. The van der Waals surface area contributed by atoms with Crippen molar-refractivity contribution in [2.24, 2.45) is 10.3 Å². The van der Waals surface area contributed by atoms with Gasteiger partial charge < -0.3 is 4.74 Å². The van der Waals surface area contributed by atoms with Gasteiger partial charge in [0, 0.05) is 13.7 Å². The number of hydrogen-bond acceptors (Lipinski definition) is 4. The Kier molecular flexibility index (Phi) is 3.57. The van der Waals surface area contributed by atoms with Crippen molar-refractivity contribution in [3.63, 3.8) is 0 Å². The zero-order valence-corrected chi connectivity index (χ0v) is 9.72. The van der Waals surface area contributed by atoms with E-state index < -0.39 is 0 Å². The normalized spacial score (nSPS) is 36.1. The van der Waals surface area contributed by atoms with Crippen LogP contribution in [0.5, 0.6) is 0 Å². The molecule has 0 aromatic rings. The van der Waals surface area contributed by atoms with E-state index in [1.54, 1.807) is 0 Å². The Morgan fingerprint density at radius 1 is 1.33 bits per heavy atom. The fourth-order valence-electron chi connectivity index (χ4n) is 2.60. The van der Waals surface area contributed by atoms with Gasteiger partial charge in [-0.25, -0.2) is 0 Å². The molecule has 0 aromatic heterocycles. The van der Waals surface area contributed by atoms with Crippen molar-refractivity contribution >= 4 is 0 Å². The summed E-state index contributed by atoms with van der Waals surface area (Å²) in [6, 6.07) is 0.889. The summed E-state index contributed by atoms with van der Waals surface area (Å²) in [5.41, 5.74) is 0. The molecule has 0 amide bonds. The summed E-state index contributed by atoms with van der Waals surface area (Å²) in [6.07, 6.45) is 6.42. The topological polar surface area (TPSA) is 37.2 Å². The molecule has 0 bridgehead atoms. The number of fused-ring (bicyclic) bond motifs is 1. The number of likely N-dealkylation sites (N-methyl/N-ethyl adjacent to an activating group) is 1. The molecule has 1 aliphatic heterocycles. The molecule has 4 heteroatoms. The van der Waals surface area contributed by atoms with E-state index >= 15 is 0 Å². The van der Waals surface area contributed by atoms with Crippen LogP contribution in [0.15, 0.2) is 10.3 Å². The smallest absolute Gasteiger partial charge is 0.0950 e. The van der Waals surface area contributed by atoms with Crippen LogP contribution in [0, 0.1) is 0 Å². The van der Waals surface area contributed by atoms with Gasteiger partial charge in [0.05, 0.1) is 18.2 Å². The largest absolute Gasteiger partial charge is 0.378 e. The molecule has 0 saturated heterocycles. The highest BCUT2D eigenvalue weighted by Gasteiger charge is 2.33. The Labute approximate surface area is 91.7 Å². The van der Waals surface area contributed by atoms with Crippen molar-refractivity contribution in [3.8, 4) is 0 Å². The minimum Gasteiger partial charge on any atom is -0.378 e. The molecule has 0 aromatic carbocycles. The number of rotatable bonds is 2. The first-order valence-electron chi connectivity index (χ1n) is 6.06. The molecule has 3 unspecified atom stereocenters. The predicted molar refractivity (Wildman–Crippen MR) is 58.7 cm³/mol. The van der Waals surface area contributed by atoms with Crippen molar-refractivity contribution in [1.29, 1.82) is 0 Å². The first-order chi connectivity index (χ1) is 7.31. The van der Waals surface area contributed by atoms with Crippen LogP contribution in [-0.4, -0.2) is 36.9 Å². The molecule has 2 aliphatic rings. The molecule has 15 heavy (non-hydrogen) atoms. The lowest BCUT2D eigenvalue weighted by Crippen LogP contribution is -2.37. The third-order valence-electron chi connectivity index (χ3n) is 3.45. The van der Waals surface area contributed by atoms with Gasteiger partial charge in [-0.05, 0) is 26.2 Å². The molecule has 0 N–H and O–H groups in total. The Bertz CT molecular complexity index is 232. The highest BCUT2D eigenvalue weighted by Crippen LogP contribution is 2.29. The summed E-state index contributed by atoms with van der Waals surface area (Å²) >= 11 is 0. The molecular formula is C11H21N3O. The predicted octanol–water partition coefficient (Wildman–Crippen LogP) is 2.41. The second kappa shape index (κ2) is 4.92. The van der Waals surface area contributed by atoms with Gasteiger partial charge in [-0.1, -0.05) is 18.1 Å². The van der Waals surface area contributed by atoms with E-state index in [9.17, 15) is 0 Å². The molecule has 4 nitrogen and oxygen atoms in total. The van der Waals surface area contributed by atoms with Crippen LogP contribution >= 0.6 is 0 Å². The van der Waals surface area contributed by atoms with Gasteiger partial charge in [0.15, 0.2) is 0 Å². The standard InChI is InChI=1S/C11H21N3O/c1-3-15-9-6-4-5-7-10-11(8-9)14(2)13-12-10/h9-11H,3-8H2,1-2H3. The highest BCUT2D eigenvalue weighted by molar-refractivity contribution is 4.88. The van der Waals surface area contributed by atoms with Crippen LogP contribution in [0.3, 0.4) is 0 Å². The molecule has 2 rings (SSSR count). The minimum absolute atomic E-state index is 0.411. The Hall–Kier alpha value is -0.640. The van der Waals surface area contributed by atoms with E-state index in [0.717, 1.165) is 13.0 Å². The first-order valence-corrected chi connectivity index (χ1v) is 6.06. The lowest BCUT2D eigenvalue weighted by atomic mass is 9.91. The van der Waals surface area contributed by atoms with Crippen molar-refractivity contribution in [2.75, 3.05) is 13.7 Å². The lowest BCUT2D eigenvalue weighted by Gasteiger charge is -2.29. The Morgan fingerprint density at radius 3 is 2.93 bits per heavy atom. The van der Waals surface area contributed by atoms with Crippen LogP contribution in [0.25, 0.3) is 0 Å². The molecule has 1 fully saturated rings. The molecule has 86 valence electrons. The van der Waals surface area contributed by atoms with E-state index in [4.69, 9.17) is 4.74 Å². The first kappa shape index (κ1) is 10.9. The second-order valence-electron chi connectivity index (χ2n) is 4.51. The fourth-order valence-corrected chi connectivity index (χ4v) is 2.60. The number of nitrogens with zero attached hydrogens (tertiary/aromatic N) is 3. The maximum atomic E-state index is 5.76. The van der Waals surface area contributed by atoms with E-state index in [-0.39, 0.29) is 0 Å². The molecule has 0 radical (unpaired) electrons. The molecule has 3 atom stereocenters. The molecular weight excluding hydrogens is 190 g/mol. The van der Waals surface area contributed by atoms with E-state index in [1.165, 1.54) is 25.7 Å². The summed E-state index contributed by atoms with van der Waals surface area (Å²) in [5, 5.41) is 10.5. The van der Waals surface area contributed by atoms with Crippen LogP contribution in [0.4, 0.5) is 0 Å². The average molecular weight is 211 g/mol. The van der Waals surface area contributed by atoms with Crippen molar-refractivity contribution in [1.82, 2.24) is 5.01 Å². The van der Waals surface area contributed by atoms with Gasteiger partial charge in [0.25, 0.3) is 0 Å². The highest BCUT2D eigenvalue weighted by atomic mass is 16.5. The van der Waals surface area contributed by atoms with Crippen LogP contribution in [0.1, 0.15) is 39.0 Å².